The van der Waals surface area contributed by atoms with E-state index >= 15 is 0 Å². The SMILES string of the molecule is C[C@@H](C(=O)NC1CCCCC1)N1CCCn2nc(C#N)cc2C1. The van der Waals surface area contributed by atoms with Gasteiger partial charge in [-0.25, -0.2) is 0 Å². The van der Waals surface area contributed by atoms with E-state index in [-0.39, 0.29) is 11.9 Å². The van der Waals surface area contributed by atoms with Crippen LogP contribution in [0, 0.1) is 11.3 Å². The zero-order valence-electron chi connectivity index (χ0n) is 13.8. The molecule has 1 aromatic heterocycles. The molecule has 0 spiro atoms. The Kier molecular flexibility index (Phi) is 4.97. The summed E-state index contributed by atoms with van der Waals surface area (Å²) in [7, 11) is 0. The van der Waals surface area contributed by atoms with E-state index in [1.807, 2.05) is 17.7 Å². The fraction of sp³-hybridized carbons (Fsp3) is 0.706. The monoisotopic (exact) mass is 315 g/mol. The smallest absolute Gasteiger partial charge is 0.237 e. The van der Waals surface area contributed by atoms with E-state index in [0.29, 0.717) is 18.3 Å². The van der Waals surface area contributed by atoms with Crippen LogP contribution in [0.2, 0.25) is 0 Å². The molecule has 0 bridgehead atoms. The first kappa shape index (κ1) is 16.0. The van der Waals surface area contributed by atoms with E-state index in [0.717, 1.165) is 38.0 Å². The van der Waals surface area contributed by atoms with Crippen LogP contribution in [-0.4, -0.2) is 39.2 Å². The summed E-state index contributed by atoms with van der Waals surface area (Å²) in [6, 6.07) is 4.13. The standard InChI is InChI=1S/C17H25N5O/c1-13(17(23)19-14-6-3-2-4-7-14)21-8-5-9-22-16(12-21)10-15(11-18)20-22/h10,13-14H,2-9,12H2,1H3,(H,19,23)/t13-/m0/s1. The molecule has 2 aliphatic rings. The van der Waals surface area contributed by atoms with Gasteiger partial charge in [0.1, 0.15) is 6.07 Å². The first-order valence-corrected chi connectivity index (χ1v) is 8.68. The van der Waals surface area contributed by atoms with Crippen molar-refractivity contribution in [1.82, 2.24) is 20.0 Å². The van der Waals surface area contributed by atoms with Crippen LogP contribution < -0.4 is 5.32 Å². The van der Waals surface area contributed by atoms with Crippen molar-refractivity contribution >= 4 is 5.91 Å². The molecule has 1 aliphatic heterocycles. The molecule has 0 saturated heterocycles. The average Bonchev–Trinajstić information content (AvgIpc) is 2.86. The molecule has 1 atom stereocenters. The lowest BCUT2D eigenvalue weighted by Gasteiger charge is -2.29. The van der Waals surface area contributed by atoms with E-state index in [2.05, 4.69) is 21.4 Å². The van der Waals surface area contributed by atoms with E-state index in [1.54, 1.807) is 0 Å². The Hall–Kier alpha value is -1.87. The third-order valence-electron chi connectivity index (χ3n) is 5.04. The number of carbonyl (C=O) groups excluding carboxylic acids is 1. The van der Waals surface area contributed by atoms with Crippen LogP contribution in [0.5, 0.6) is 0 Å². The Morgan fingerprint density at radius 1 is 1.35 bits per heavy atom. The minimum atomic E-state index is -0.149. The highest BCUT2D eigenvalue weighted by molar-refractivity contribution is 5.81. The third kappa shape index (κ3) is 3.73. The molecule has 1 aliphatic carbocycles. The predicted octanol–water partition coefficient (Wildman–Crippen LogP) is 1.80. The summed E-state index contributed by atoms with van der Waals surface area (Å²) in [6.45, 7) is 4.35. The van der Waals surface area contributed by atoms with Gasteiger partial charge in [0.15, 0.2) is 5.69 Å². The Labute approximate surface area is 137 Å². The van der Waals surface area contributed by atoms with E-state index in [1.165, 1.54) is 19.3 Å². The van der Waals surface area contributed by atoms with E-state index < -0.39 is 0 Å². The number of hydrogen-bond acceptors (Lipinski definition) is 4. The van der Waals surface area contributed by atoms with Crippen molar-refractivity contribution < 1.29 is 4.79 Å². The summed E-state index contributed by atoms with van der Waals surface area (Å²) in [5, 5.41) is 16.5. The van der Waals surface area contributed by atoms with E-state index in [9.17, 15) is 4.79 Å². The summed E-state index contributed by atoms with van der Waals surface area (Å²) in [5.74, 6) is 0.130. The second-order valence-corrected chi connectivity index (χ2v) is 6.70. The topological polar surface area (TPSA) is 74.0 Å². The lowest BCUT2D eigenvalue weighted by atomic mass is 9.95. The van der Waals surface area contributed by atoms with Gasteiger partial charge >= 0.3 is 0 Å². The highest BCUT2D eigenvalue weighted by Gasteiger charge is 2.26. The summed E-state index contributed by atoms with van der Waals surface area (Å²) in [4.78, 5) is 14.8. The van der Waals surface area contributed by atoms with Crippen molar-refractivity contribution in [3.8, 4) is 6.07 Å². The Bertz CT molecular complexity index is 597. The number of nitriles is 1. The van der Waals surface area contributed by atoms with Gasteiger partial charge in [-0.15, -0.1) is 0 Å². The van der Waals surface area contributed by atoms with Crippen LogP contribution in [0.3, 0.4) is 0 Å². The van der Waals surface area contributed by atoms with Crippen LogP contribution in [0.15, 0.2) is 6.07 Å². The summed E-state index contributed by atoms with van der Waals surface area (Å²) in [5.41, 5.74) is 1.48. The summed E-state index contributed by atoms with van der Waals surface area (Å²) in [6.07, 6.45) is 6.89. The highest BCUT2D eigenvalue weighted by atomic mass is 16.2. The molecule has 1 aromatic rings. The van der Waals surface area contributed by atoms with Gasteiger partial charge in [0.25, 0.3) is 0 Å². The van der Waals surface area contributed by atoms with Crippen molar-refractivity contribution in [2.45, 2.75) is 70.6 Å². The minimum Gasteiger partial charge on any atom is -0.352 e. The maximum atomic E-state index is 12.6. The molecule has 0 radical (unpaired) electrons. The molecule has 1 saturated carbocycles. The van der Waals surface area contributed by atoms with Gasteiger partial charge in [-0.3, -0.25) is 14.4 Å². The van der Waals surface area contributed by atoms with Gasteiger partial charge in [0, 0.05) is 25.7 Å². The largest absolute Gasteiger partial charge is 0.352 e. The summed E-state index contributed by atoms with van der Waals surface area (Å²) >= 11 is 0. The van der Waals surface area contributed by atoms with Gasteiger partial charge in [-0.1, -0.05) is 19.3 Å². The van der Waals surface area contributed by atoms with Crippen molar-refractivity contribution in [3.05, 3.63) is 17.5 Å². The molecule has 0 unspecified atom stereocenters. The molecule has 6 heteroatoms. The van der Waals surface area contributed by atoms with Crippen molar-refractivity contribution in [1.29, 1.82) is 5.26 Å². The Morgan fingerprint density at radius 3 is 2.87 bits per heavy atom. The number of amides is 1. The Balaban J connectivity index is 1.63. The van der Waals surface area contributed by atoms with Crippen molar-refractivity contribution in [2.24, 2.45) is 0 Å². The van der Waals surface area contributed by atoms with Gasteiger partial charge in [-0.05, 0) is 32.3 Å². The lowest BCUT2D eigenvalue weighted by molar-refractivity contribution is -0.127. The predicted molar refractivity (Wildman–Crippen MR) is 86.4 cm³/mol. The number of fused-ring (bicyclic) bond motifs is 1. The maximum Gasteiger partial charge on any atom is 0.237 e. The van der Waals surface area contributed by atoms with Crippen LogP contribution in [0.4, 0.5) is 0 Å². The lowest BCUT2D eigenvalue weighted by Crippen LogP contribution is -2.48. The van der Waals surface area contributed by atoms with Gasteiger partial charge in [-0.2, -0.15) is 10.4 Å². The minimum absolute atomic E-state index is 0.130. The number of hydrogen-bond donors (Lipinski definition) is 1. The van der Waals surface area contributed by atoms with E-state index in [4.69, 9.17) is 5.26 Å². The first-order valence-electron chi connectivity index (χ1n) is 8.68. The van der Waals surface area contributed by atoms with Gasteiger partial charge in [0.2, 0.25) is 5.91 Å². The normalized spacial score (nSPS) is 21.0. The summed E-state index contributed by atoms with van der Waals surface area (Å²) < 4.78 is 1.91. The Morgan fingerprint density at radius 2 is 2.13 bits per heavy atom. The molecular weight excluding hydrogens is 290 g/mol. The molecule has 1 fully saturated rings. The zero-order valence-corrected chi connectivity index (χ0v) is 13.8. The average molecular weight is 315 g/mol. The number of aromatic nitrogens is 2. The molecule has 1 N–H and O–H groups in total. The van der Waals surface area contributed by atoms with Crippen LogP contribution in [-0.2, 0) is 17.9 Å². The molecule has 0 aromatic carbocycles. The molecular formula is C17H25N5O. The first-order chi connectivity index (χ1) is 11.2. The highest BCUT2D eigenvalue weighted by Crippen LogP contribution is 2.19. The molecule has 124 valence electrons. The van der Waals surface area contributed by atoms with Gasteiger partial charge < -0.3 is 5.32 Å². The molecule has 3 rings (SSSR count). The molecule has 23 heavy (non-hydrogen) atoms. The number of aryl methyl sites for hydroxylation is 1. The molecule has 2 heterocycles. The van der Waals surface area contributed by atoms with Crippen molar-refractivity contribution in [3.63, 3.8) is 0 Å². The zero-order chi connectivity index (χ0) is 16.2. The molecule has 6 nitrogen and oxygen atoms in total. The fourth-order valence-electron chi connectivity index (χ4n) is 3.61. The second kappa shape index (κ2) is 7.14. The fourth-order valence-corrected chi connectivity index (χ4v) is 3.61. The molecule has 1 amide bonds. The number of nitrogens with one attached hydrogen (secondary N) is 1. The number of nitrogens with zero attached hydrogens (tertiary/aromatic N) is 4. The van der Waals surface area contributed by atoms with Gasteiger partial charge in [0.05, 0.1) is 11.7 Å². The third-order valence-corrected chi connectivity index (χ3v) is 5.04. The van der Waals surface area contributed by atoms with Crippen LogP contribution in [0.25, 0.3) is 0 Å². The van der Waals surface area contributed by atoms with Crippen molar-refractivity contribution in [2.75, 3.05) is 6.54 Å². The second-order valence-electron chi connectivity index (χ2n) is 6.70. The number of rotatable bonds is 3. The van der Waals surface area contributed by atoms with Crippen LogP contribution in [0.1, 0.15) is 56.8 Å². The van der Waals surface area contributed by atoms with Crippen LogP contribution >= 0.6 is 0 Å². The maximum absolute atomic E-state index is 12.6. The number of carbonyl (C=O) groups is 1. The quantitative estimate of drug-likeness (QED) is 0.923.